The summed E-state index contributed by atoms with van der Waals surface area (Å²) in [6, 6.07) is 17.7. The second-order valence-corrected chi connectivity index (χ2v) is 5.86. The van der Waals surface area contributed by atoms with Crippen molar-refractivity contribution in [3.05, 3.63) is 76.8 Å². The molecule has 0 unspecified atom stereocenters. The van der Waals surface area contributed by atoms with Crippen LogP contribution in [0.3, 0.4) is 0 Å². The van der Waals surface area contributed by atoms with Crippen molar-refractivity contribution >= 4 is 21.6 Å². The van der Waals surface area contributed by atoms with Gasteiger partial charge in [-0.3, -0.25) is 0 Å². The molecule has 0 spiro atoms. The third kappa shape index (κ3) is 5.04. The summed E-state index contributed by atoms with van der Waals surface area (Å²) in [6.07, 6.45) is 0. The highest BCUT2D eigenvalue weighted by atomic mass is 79.9. The van der Waals surface area contributed by atoms with Crippen molar-refractivity contribution in [3.63, 3.8) is 0 Å². The second-order valence-electron chi connectivity index (χ2n) is 4.74. The minimum Gasteiger partial charge on any atom is -0.488 e. The van der Waals surface area contributed by atoms with Crippen LogP contribution in [0, 0.1) is 0 Å². The van der Waals surface area contributed by atoms with Crippen molar-refractivity contribution in [2.75, 3.05) is 6.61 Å². The highest BCUT2D eigenvalue weighted by molar-refractivity contribution is 9.11. The summed E-state index contributed by atoms with van der Waals surface area (Å²) in [5, 5.41) is 4.18. The maximum absolute atomic E-state index is 5.70. The highest BCUT2D eigenvalue weighted by Crippen LogP contribution is 2.20. The van der Waals surface area contributed by atoms with Crippen molar-refractivity contribution in [2.45, 2.75) is 13.5 Å². The number of hydrogen-bond donors (Lipinski definition) is 0. The van der Waals surface area contributed by atoms with Crippen LogP contribution in [0.5, 0.6) is 5.75 Å². The molecule has 0 saturated heterocycles. The Morgan fingerprint density at radius 2 is 1.77 bits per heavy atom. The Balaban J connectivity index is 2.03. The summed E-state index contributed by atoms with van der Waals surface area (Å²) in [5.74, 6) is 0.757. The number of ether oxygens (including phenoxy) is 1. The van der Waals surface area contributed by atoms with Gasteiger partial charge in [-0.1, -0.05) is 70.1 Å². The molecule has 0 aliphatic heterocycles. The van der Waals surface area contributed by atoms with Crippen molar-refractivity contribution in [1.82, 2.24) is 0 Å². The predicted molar refractivity (Wildman–Crippen MR) is 93.4 cm³/mol. The van der Waals surface area contributed by atoms with Gasteiger partial charge in [-0.2, -0.15) is 0 Å². The van der Waals surface area contributed by atoms with Gasteiger partial charge in [-0.15, -0.1) is 0 Å². The van der Waals surface area contributed by atoms with E-state index in [9.17, 15) is 0 Å². The van der Waals surface area contributed by atoms with Gasteiger partial charge in [0.2, 0.25) is 0 Å². The zero-order valence-corrected chi connectivity index (χ0v) is 14.0. The Labute approximate surface area is 139 Å². The van der Waals surface area contributed by atoms with Gasteiger partial charge in [0.1, 0.15) is 19.0 Å². The molecule has 2 rings (SSSR count). The maximum Gasteiger partial charge on any atom is 0.142 e. The van der Waals surface area contributed by atoms with E-state index in [0.717, 1.165) is 27.1 Å². The van der Waals surface area contributed by atoms with E-state index in [0.29, 0.717) is 13.2 Å². The number of nitrogens with zero attached hydrogens (tertiary/aromatic N) is 1. The summed E-state index contributed by atoms with van der Waals surface area (Å²) < 4.78 is 6.49. The molecule has 0 aromatic heterocycles. The molecule has 4 heteroatoms. The smallest absolute Gasteiger partial charge is 0.142 e. The molecule has 2 aromatic rings. The molecule has 0 saturated carbocycles. The molecule has 0 aliphatic rings. The van der Waals surface area contributed by atoms with Crippen LogP contribution in [0.15, 0.2) is 70.8 Å². The largest absolute Gasteiger partial charge is 0.488 e. The summed E-state index contributed by atoms with van der Waals surface area (Å²) in [7, 11) is 0. The number of oxime groups is 1. The molecule has 0 amide bonds. The van der Waals surface area contributed by atoms with Crippen LogP contribution < -0.4 is 4.74 Å². The fourth-order valence-electron chi connectivity index (χ4n) is 1.87. The van der Waals surface area contributed by atoms with Gasteiger partial charge in [0.05, 0.1) is 5.71 Å². The maximum atomic E-state index is 5.70. The molecule has 0 radical (unpaired) electrons. The second kappa shape index (κ2) is 8.39. The van der Waals surface area contributed by atoms with Gasteiger partial charge in [0.25, 0.3) is 0 Å². The molecule has 22 heavy (non-hydrogen) atoms. The van der Waals surface area contributed by atoms with Gasteiger partial charge in [-0.25, -0.2) is 0 Å². The van der Waals surface area contributed by atoms with Crippen LogP contribution in [0.4, 0.5) is 0 Å². The van der Waals surface area contributed by atoms with E-state index < -0.39 is 0 Å². The fourth-order valence-corrected chi connectivity index (χ4v) is 1.99. The Hall–Kier alpha value is -2.07. The topological polar surface area (TPSA) is 30.8 Å². The zero-order valence-electron chi connectivity index (χ0n) is 12.5. The molecule has 3 nitrogen and oxygen atoms in total. The van der Waals surface area contributed by atoms with Crippen molar-refractivity contribution in [3.8, 4) is 5.75 Å². The van der Waals surface area contributed by atoms with Crippen molar-refractivity contribution < 1.29 is 9.57 Å². The lowest BCUT2D eigenvalue weighted by Crippen LogP contribution is -2.04. The standard InChI is InChI=1S/C18H18BrNO2/c1-14(19)12-21-18-11-7-6-10-17(18)15(2)20-22-13-16-8-4-3-5-9-16/h3-11H,1,12-13H2,2H3/b20-15+. The van der Waals surface area contributed by atoms with Gasteiger partial charge < -0.3 is 9.57 Å². The number of rotatable bonds is 7. The molecule has 114 valence electrons. The average Bonchev–Trinajstić information content (AvgIpc) is 2.54. The van der Waals surface area contributed by atoms with Crippen LogP contribution in [0.1, 0.15) is 18.1 Å². The van der Waals surface area contributed by atoms with E-state index in [1.807, 2.05) is 61.5 Å². The summed E-state index contributed by atoms with van der Waals surface area (Å²) in [6.45, 7) is 6.52. The van der Waals surface area contributed by atoms with E-state index in [1.165, 1.54) is 0 Å². The lowest BCUT2D eigenvalue weighted by atomic mass is 10.1. The normalized spacial score (nSPS) is 11.1. The zero-order chi connectivity index (χ0) is 15.8. The first-order valence-electron chi connectivity index (χ1n) is 6.93. The lowest BCUT2D eigenvalue weighted by molar-refractivity contribution is 0.130. The summed E-state index contributed by atoms with van der Waals surface area (Å²) >= 11 is 3.29. The molecule has 0 fully saturated rings. The van der Waals surface area contributed by atoms with Crippen LogP contribution in [-0.2, 0) is 11.4 Å². The molecule has 2 aromatic carbocycles. The molecule has 0 atom stereocenters. The minimum atomic E-state index is 0.412. The predicted octanol–water partition coefficient (Wildman–Crippen LogP) is 4.91. The first kappa shape index (κ1) is 16.3. The summed E-state index contributed by atoms with van der Waals surface area (Å²) in [4.78, 5) is 5.42. The first-order chi connectivity index (χ1) is 10.7. The Morgan fingerprint density at radius 3 is 2.50 bits per heavy atom. The van der Waals surface area contributed by atoms with E-state index >= 15 is 0 Å². The minimum absolute atomic E-state index is 0.412. The lowest BCUT2D eigenvalue weighted by Gasteiger charge is -2.10. The monoisotopic (exact) mass is 359 g/mol. The van der Waals surface area contributed by atoms with E-state index in [1.54, 1.807) is 0 Å². The van der Waals surface area contributed by atoms with Crippen molar-refractivity contribution in [2.24, 2.45) is 5.16 Å². The first-order valence-corrected chi connectivity index (χ1v) is 7.72. The number of halogens is 1. The summed E-state index contributed by atoms with van der Waals surface area (Å²) in [5.41, 5.74) is 2.76. The quantitative estimate of drug-likeness (QED) is 0.519. The Morgan fingerprint density at radius 1 is 1.09 bits per heavy atom. The third-order valence-electron chi connectivity index (χ3n) is 2.94. The molecule has 0 N–H and O–H groups in total. The fraction of sp³-hybridized carbons (Fsp3) is 0.167. The van der Waals surface area contributed by atoms with E-state index in [4.69, 9.17) is 9.57 Å². The SMILES string of the molecule is C=C(Br)COc1ccccc1/C(C)=N/OCc1ccccc1. The van der Waals surface area contributed by atoms with Crippen LogP contribution in [0.2, 0.25) is 0 Å². The number of benzene rings is 2. The molecule has 0 aliphatic carbocycles. The average molecular weight is 360 g/mol. The third-order valence-corrected chi connectivity index (χ3v) is 3.17. The van der Waals surface area contributed by atoms with Crippen LogP contribution >= 0.6 is 15.9 Å². The van der Waals surface area contributed by atoms with Gasteiger partial charge in [0.15, 0.2) is 0 Å². The molecule has 0 heterocycles. The Kier molecular flexibility index (Phi) is 6.22. The van der Waals surface area contributed by atoms with Crippen molar-refractivity contribution in [1.29, 1.82) is 0 Å². The molecule has 0 bridgehead atoms. The molecular formula is C18H18BrNO2. The van der Waals surface area contributed by atoms with Crippen LogP contribution in [-0.4, -0.2) is 12.3 Å². The highest BCUT2D eigenvalue weighted by Gasteiger charge is 2.07. The van der Waals surface area contributed by atoms with E-state index in [-0.39, 0.29) is 0 Å². The van der Waals surface area contributed by atoms with Gasteiger partial charge in [0, 0.05) is 10.0 Å². The van der Waals surface area contributed by atoms with Crippen LogP contribution in [0.25, 0.3) is 0 Å². The number of hydrogen-bond acceptors (Lipinski definition) is 3. The number of para-hydroxylation sites is 1. The van der Waals surface area contributed by atoms with Gasteiger partial charge in [-0.05, 0) is 24.6 Å². The molecular weight excluding hydrogens is 342 g/mol. The Bertz CT molecular complexity index is 653. The van der Waals surface area contributed by atoms with E-state index in [2.05, 4.69) is 27.7 Å². The van der Waals surface area contributed by atoms with Gasteiger partial charge >= 0.3 is 0 Å².